The van der Waals surface area contributed by atoms with Crippen LogP contribution in [0.3, 0.4) is 0 Å². The van der Waals surface area contributed by atoms with E-state index in [9.17, 15) is 8.42 Å². The van der Waals surface area contributed by atoms with Crippen LogP contribution in [0.25, 0.3) is 12.2 Å². The fraction of sp³-hybridized carbons (Fsp3) is 0.300. The third kappa shape index (κ3) is 2.94. The van der Waals surface area contributed by atoms with E-state index in [0.29, 0.717) is 5.01 Å². The van der Waals surface area contributed by atoms with Gasteiger partial charge in [0.2, 0.25) is 5.71 Å². The Morgan fingerprint density at radius 2 is 2.28 bits per heavy atom. The lowest BCUT2D eigenvalue weighted by molar-refractivity contribution is 0.344. The summed E-state index contributed by atoms with van der Waals surface area (Å²) in [5, 5.41) is 13.4. The molecule has 0 aliphatic heterocycles. The Morgan fingerprint density at radius 1 is 1.56 bits per heavy atom. The quantitative estimate of drug-likeness (QED) is 0.561. The Balaban J connectivity index is 2.42. The van der Waals surface area contributed by atoms with E-state index in [-0.39, 0.29) is 5.71 Å². The van der Waals surface area contributed by atoms with Gasteiger partial charge in [0.1, 0.15) is 6.07 Å². The van der Waals surface area contributed by atoms with Gasteiger partial charge in [0.05, 0.1) is 16.1 Å². The highest BCUT2D eigenvalue weighted by Crippen LogP contribution is 2.04. The average molecular weight is 283 g/mol. The molecule has 1 aromatic rings. The summed E-state index contributed by atoms with van der Waals surface area (Å²) >= 11 is 1.29. The molecule has 18 heavy (non-hydrogen) atoms. The molecule has 1 aliphatic rings. The zero-order valence-corrected chi connectivity index (χ0v) is 11.1. The van der Waals surface area contributed by atoms with Gasteiger partial charge in [-0.2, -0.15) is 13.7 Å². The summed E-state index contributed by atoms with van der Waals surface area (Å²) in [5.74, 6) is 0. The van der Waals surface area contributed by atoms with Gasteiger partial charge in [-0.05, 0) is 12.8 Å². The highest BCUT2D eigenvalue weighted by atomic mass is 32.2. The van der Waals surface area contributed by atoms with Crippen LogP contribution in [0.2, 0.25) is 0 Å². The van der Waals surface area contributed by atoms with Gasteiger partial charge in [-0.3, -0.25) is 4.28 Å². The summed E-state index contributed by atoms with van der Waals surface area (Å²) in [4.78, 5) is 4.23. The van der Waals surface area contributed by atoms with Crippen LogP contribution in [0.5, 0.6) is 0 Å². The van der Waals surface area contributed by atoms with Crippen LogP contribution in [0.1, 0.15) is 17.8 Å². The second-order valence-electron chi connectivity index (χ2n) is 3.58. The summed E-state index contributed by atoms with van der Waals surface area (Å²) < 4.78 is 26.8. The maximum atomic E-state index is 10.8. The van der Waals surface area contributed by atoms with Crippen LogP contribution in [0.4, 0.5) is 0 Å². The third-order valence-corrected chi connectivity index (χ3v) is 3.51. The average Bonchev–Trinajstić information content (AvgIpc) is 2.71. The zero-order valence-electron chi connectivity index (χ0n) is 9.45. The molecule has 1 aromatic heterocycles. The number of rotatable bonds is 3. The molecule has 0 radical (unpaired) electrons. The van der Waals surface area contributed by atoms with Crippen LogP contribution < -0.4 is 9.88 Å². The van der Waals surface area contributed by atoms with E-state index in [4.69, 9.17) is 5.26 Å². The second-order valence-corrected chi connectivity index (χ2v) is 6.17. The molecule has 8 heteroatoms. The molecule has 0 N–H and O–H groups in total. The summed E-state index contributed by atoms with van der Waals surface area (Å²) in [6, 6.07) is 1.78. The van der Waals surface area contributed by atoms with Crippen molar-refractivity contribution >= 4 is 39.3 Å². The maximum Gasteiger partial charge on any atom is 0.325 e. The first-order chi connectivity index (χ1) is 8.49. The SMILES string of the molecule is CS(=O)(=O)O/N=C(\C#N)c1nc2c(s1)=CCCC=2. The van der Waals surface area contributed by atoms with E-state index in [1.165, 1.54) is 11.3 Å². The summed E-state index contributed by atoms with van der Waals surface area (Å²) in [6.45, 7) is 0. The Hall–Kier alpha value is -1.72. The molecular weight excluding hydrogens is 274 g/mol. The van der Waals surface area contributed by atoms with Crippen LogP contribution in [-0.2, 0) is 14.4 Å². The van der Waals surface area contributed by atoms with Gasteiger partial charge in [0.25, 0.3) is 0 Å². The number of thiazole rings is 1. The standard InChI is InChI=1S/C10H9N3O3S2/c1-18(14,15)16-13-8(6-11)10-12-7-4-2-3-5-9(7)17-10/h4-5H,2-3H2,1H3/b13-8+. The maximum absolute atomic E-state index is 10.8. The number of aromatic nitrogens is 1. The minimum absolute atomic E-state index is 0.137. The van der Waals surface area contributed by atoms with Crippen molar-refractivity contribution in [1.82, 2.24) is 4.98 Å². The van der Waals surface area contributed by atoms with Crippen molar-refractivity contribution in [2.45, 2.75) is 12.8 Å². The van der Waals surface area contributed by atoms with Crippen molar-refractivity contribution in [3.63, 3.8) is 0 Å². The van der Waals surface area contributed by atoms with E-state index in [1.807, 2.05) is 12.2 Å². The van der Waals surface area contributed by atoms with Gasteiger partial charge in [-0.1, -0.05) is 17.3 Å². The Kier molecular flexibility index (Phi) is 3.45. The second kappa shape index (κ2) is 4.88. The molecule has 0 unspecified atom stereocenters. The molecule has 6 nitrogen and oxygen atoms in total. The first-order valence-electron chi connectivity index (χ1n) is 5.04. The van der Waals surface area contributed by atoms with Crippen molar-refractivity contribution in [1.29, 1.82) is 5.26 Å². The minimum Gasteiger partial charge on any atom is -0.267 e. The van der Waals surface area contributed by atoms with Crippen molar-refractivity contribution in [3.05, 3.63) is 14.9 Å². The molecule has 0 amide bonds. The molecule has 0 saturated carbocycles. The summed E-state index contributed by atoms with van der Waals surface area (Å²) in [6.07, 6.45) is 6.72. The molecule has 0 saturated heterocycles. The highest BCUT2D eigenvalue weighted by molar-refractivity contribution is 7.85. The highest BCUT2D eigenvalue weighted by Gasteiger charge is 2.11. The fourth-order valence-electron chi connectivity index (χ4n) is 1.38. The van der Waals surface area contributed by atoms with Crippen molar-refractivity contribution in [2.75, 3.05) is 6.26 Å². The Morgan fingerprint density at radius 3 is 2.89 bits per heavy atom. The molecule has 0 spiro atoms. The number of nitriles is 1. The molecule has 0 fully saturated rings. The number of fused-ring (bicyclic) bond motifs is 1. The van der Waals surface area contributed by atoms with E-state index in [1.54, 1.807) is 6.07 Å². The van der Waals surface area contributed by atoms with E-state index in [0.717, 1.165) is 29.0 Å². The van der Waals surface area contributed by atoms with E-state index < -0.39 is 10.1 Å². The van der Waals surface area contributed by atoms with Crippen LogP contribution in [0.15, 0.2) is 5.16 Å². The Bertz CT molecular complexity index is 720. The van der Waals surface area contributed by atoms with Crippen molar-refractivity contribution in [2.24, 2.45) is 5.16 Å². The van der Waals surface area contributed by atoms with Crippen LogP contribution in [0, 0.1) is 11.3 Å². The molecule has 1 heterocycles. The number of oxime groups is 1. The summed E-state index contributed by atoms with van der Waals surface area (Å²) in [5.41, 5.74) is -0.137. The van der Waals surface area contributed by atoms with E-state index >= 15 is 0 Å². The van der Waals surface area contributed by atoms with Gasteiger partial charge in [-0.15, -0.1) is 11.3 Å². The minimum atomic E-state index is -3.72. The normalized spacial score (nSPS) is 15.0. The largest absolute Gasteiger partial charge is 0.325 e. The van der Waals surface area contributed by atoms with Gasteiger partial charge in [0, 0.05) is 0 Å². The van der Waals surface area contributed by atoms with Crippen LogP contribution >= 0.6 is 11.3 Å². The van der Waals surface area contributed by atoms with Crippen LogP contribution in [-0.4, -0.2) is 25.4 Å². The number of nitrogens with zero attached hydrogens (tertiary/aromatic N) is 3. The Labute approximate surface area is 108 Å². The fourth-order valence-corrected chi connectivity index (χ4v) is 2.56. The zero-order chi connectivity index (χ0) is 13.2. The molecule has 1 aliphatic carbocycles. The molecule has 0 atom stereocenters. The predicted molar refractivity (Wildman–Crippen MR) is 67.6 cm³/mol. The first-order valence-corrected chi connectivity index (χ1v) is 7.67. The predicted octanol–water partition coefficient (Wildman–Crippen LogP) is -0.298. The molecular formula is C10H9N3O3S2. The summed E-state index contributed by atoms with van der Waals surface area (Å²) in [7, 11) is -3.72. The first kappa shape index (κ1) is 12.7. The molecule has 0 aromatic carbocycles. The third-order valence-electron chi connectivity index (χ3n) is 2.09. The lowest BCUT2D eigenvalue weighted by Gasteiger charge is -1.93. The van der Waals surface area contributed by atoms with Gasteiger partial charge in [-0.25, -0.2) is 4.98 Å². The monoisotopic (exact) mass is 283 g/mol. The molecule has 0 bridgehead atoms. The van der Waals surface area contributed by atoms with Gasteiger partial charge in [0.15, 0.2) is 5.01 Å². The van der Waals surface area contributed by atoms with E-state index in [2.05, 4.69) is 14.4 Å². The molecule has 2 rings (SSSR count). The van der Waals surface area contributed by atoms with Crippen molar-refractivity contribution in [3.8, 4) is 6.07 Å². The van der Waals surface area contributed by atoms with Gasteiger partial charge >= 0.3 is 10.1 Å². The van der Waals surface area contributed by atoms with Gasteiger partial charge < -0.3 is 0 Å². The topological polar surface area (TPSA) is 92.4 Å². The number of hydrogen-bond acceptors (Lipinski definition) is 7. The molecule has 94 valence electrons. The smallest absolute Gasteiger partial charge is 0.267 e. The lowest BCUT2D eigenvalue weighted by Crippen LogP contribution is -2.22. The lowest BCUT2D eigenvalue weighted by atomic mass is 10.2. The number of hydrogen-bond donors (Lipinski definition) is 0. The van der Waals surface area contributed by atoms with Crippen molar-refractivity contribution < 1.29 is 12.7 Å².